The molecule has 0 unspecified atom stereocenters. The Balaban J connectivity index is 1.89. The number of hydrogen-bond acceptors (Lipinski definition) is 4. The number of benzene rings is 2. The van der Waals surface area contributed by atoms with E-state index in [4.69, 9.17) is 11.2 Å². The first kappa shape index (κ1) is 18.2. The minimum Gasteiger partial charge on any atom is -0.480 e. The molecule has 1 amide bonds. The second-order valence-corrected chi connectivity index (χ2v) is 7.05. The SMILES string of the molecule is C#CCOc1ccc(Br)cc1/C=C1\SC(=Nc2ccccc2F)NC1=O. The summed E-state index contributed by atoms with van der Waals surface area (Å²) in [7, 11) is 0. The van der Waals surface area contributed by atoms with Gasteiger partial charge in [-0.15, -0.1) is 6.42 Å². The van der Waals surface area contributed by atoms with Crippen LogP contribution >= 0.6 is 27.7 Å². The molecule has 0 atom stereocenters. The van der Waals surface area contributed by atoms with Gasteiger partial charge in [-0.05, 0) is 48.2 Å². The van der Waals surface area contributed by atoms with Gasteiger partial charge in [-0.25, -0.2) is 9.38 Å². The zero-order valence-electron chi connectivity index (χ0n) is 13.3. The van der Waals surface area contributed by atoms with Crippen LogP contribution in [0, 0.1) is 18.2 Å². The first-order chi connectivity index (χ1) is 12.6. The molecule has 7 heteroatoms. The van der Waals surface area contributed by atoms with Gasteiger partial charge in [-0.1, -0.05) is 34.0 Å². The average Bonchev–Trinajstić information content (AvgIpc) is 2.95. The number of thioether (sulfide) groups is 1. The Labute approximate surface area is 162 Å². The van der Waals surface area contributed by atoms with Crippen LogP contribution in [0.4, 0.5) is 10.1 Å². The molecule has 1 saturated heterocycles. The van der Waals surface area contributed by atoms with Gasteiger partial charge in [0, 0.05) is 10.0 Å². The van der Waals surface area contributed by atoms with Crippen LogP contribution in [0.3, 0.4) is 0 Å². The molecule has 2 aromatic carbocycles. The number of para-hydroxylation sites is 1. The van der Waals surface area contributed by atoms with E-state index < -0.39 is 5.82 Å². The van der Waals surface area contributed by atoms with Crippen molar-refractivity contribution in [1.29, 1.82) is 0 Å². The van der Waals surface area contributed by atoms with E-state index in [1.165, 1.54) is 12.1 Å². The molecular formula is C19H12BrFN2O2S. The molecule has 1 fully saturated rings. The number of aliphatic imine (C=N–C) groups is 1. The van der Waals surface area contributed by atoms with Crippen molar-refractivity contribution in [3.05, 3.63) is 63.2 Å². The van der Waals surface area contributed by atoms with Crippen LogP contribution in [0.5, 0.6) is 5.75 Å². The van der Waals surface area contributed by atoms with Crippen LogP contribution < -0.4 is 10.1 Å². The van der Waals surface area contributed by atoms with Crippen molar-refractivity contribution in [2.24, 2.45) is 4.99 Å². The highest BCUT2D eigenvalue weighted by Crippen LogP contribution is 2.32. The molecule has 0 spiro atoms. The number of halogens is 2. The summed E-state index contributed by atoms with van der Waals surface area (Å²) in [4.78, 5) is 16.8. The molecule has 0 saturated carbocycles. The van der Waals surface area contributed by atoms with Crippen molar-refractivity contribution in [3.8, 4) is 18.1 Å². The number of terminal acetylenes is 1. The molecule has 26 heavy (non-hydrogen) atoms. The van der Waals surface area contributed by atoms with Crippen LogP contribution in [0.2, 0.25) is 0 Å². The Morgan fingerprint density at radius 1 is 1.35 bits per heavy atom. The van der Waals surface area contributed by atoms with Crippen molar-refractivity contribution < 1.29 is 13.9 Å². The van der Waals surface area contributed by atoms with Crippen LogP contribution in [0.1, 0.15) is 5.56 Å². The molecule has 0 aromatic heterocycles. The van der Waals surface area contributed by atoms with Gasteiger partial charge in [0.25, 0.3) is 5.91 Å². The zero-order chi connectivity index (χ0) is 18.5. The standard InChI is InChI=1S/C19H12BrFN2O2S/c1-2-9-25-16-8-7-13(20)10-12(16)11-17-18(24)23-19(26-17)22-15-6-4-3-5-14(15)21/h1,3-8,10-11H,9H2,(H,22,23,24)/b17-11-. The lowest BCUT2D eigenvalue weighted by Crippen LogP contribution is -2.19. The second-order valence-electron chi connectivity index (χ2n) is 5.11. The maximum atomic E-state index is 13.7. The maximum absolute atomic E-state index is 13.7. The molecule has 130 valence electrons. The van der Waals surface area contributed by atoms with Gasteiger partial charge in [0.05, 0.1) is 4.91 Å². The predicted molar refractivity (Wildman–Crippen MR) is 106 cm³/mol. The number of rotatable bonds is 4. The molecule has 1 aliphatic heterocycles. The summed E-state index contributed by atoms with van der Waals surface area (Å²) in [5.41, 5.74) is 0.858. The number of nitrogens with one attached hydrogen (secondary N) is 1. The Bertz CT molecular complexity index is 966. The van der Waals surface area contributed by atoms with Gasteiger partial charge in [0.15, 0.2) is 5.17 Å². The first-order valence-corrected chi connectivity index (χ1v) is 9.07. The van der Waals surface area contributed by atoms with Crippen LogP contribution in [-0.2, 0) is 4.79 Å². The summed E-state index contributed by atoms with van der Waals surface area (Å²) in [6, 6.07) is 11.5. The Kier molecular flexibility index (Phi) is 5.76. The predicted octanol–water partition coefficient (Wildman–Crippen LogP) is 4.49. The summed E-state index contributed by atoms with van der Waals surface area (Å²) in [5.74, 6) is 2.20. The van der Waals surface area contributed by atoms with Crippen molar-refractivity contribution in [2.45, 2.75) is 0 Å². The summed E-state index contributed by atoms with van der Waals surface area (Å²) < 4.78 is 20.1. The third kappa shape index (κ3) is 4.34. The van der Waals surface area contributed by atoms with E-state index in [-0.39, 0.29) is 18.2 Å². The number of amidine groups is 1. The maximum Gasteiger partial charge on any atom is 0.264 e. The number of hydrogen-bond donors (Lipinski definition) is 1. The lowest BCUT2D eigenvalue weighted by Gasteiger charge is -2.07. The monoisotopic (exact) mass is 430 g/mol. The molecule has 0 radical (unpaired) electrons. The zero-order valence-corrected chi connectivity index (χ0v) is 15.7. The Morgan fingerprint density at radius 3 is 2.92 bits per heavy atom. The number of carbonyl (C=O) groups is 1. The molecule has 1 aliphatic rings. The molecule has 2 aromatic rings. The molecule has 0 bridgehead atoms. The first-order valence-electron chi connectivity index (χ1n) is 7.47. The highest BCUT2D eigenvalue weighted by Gasteiger charge is 2.24. The van der Waals surface area contributed by atoms with Gasteiger partial charge in [0.2, 0.25) is 0 Å². The summed E-state index contributed by atoms with van der Waals surface area (Å²) in [5, 5.41) is 2.94. The van der Waals surface area contributed by atoms with Crippen molar-refractivity contribution >= 4 is 50.5 Å². The molecule has 1 N–H and O–H groups in total. The topological polar surface area (TPSA) is 50.7 Å². The fraction of sp³-hybridized carbons (Fsp3) is 0.0526. The van der Waals surface area contributed by atoms with E-state index in [0.29, 0.717) is 21.4 Å². The summed E-state index contributed by atoms with van der Waals surface area (Å²) >= 11 is 4.52. The summed E-state index contributed by atoms with van der Waals surface area (Å²) in [6.45, 7) is 0.122. The third-order valence-electron chi connectivity index (χ3n) is 3.29. The second kappa shape index (κ2) is 8.21. The minimum atomic E-state index is -0.454. The highest BCUT2D eigenvalue weighted by molar-refractivity contribution is 9.10. The van der Waals surface area contributed by atoms with Gasteiger partial charge in [0.1, 0.15) is 23.9 Å². The minimum absolute atomic E-state index is 0.122. The van der Waals surface area contributed by atoms with Crippen molar-refractivity contribution in [2.75, 3.05) is 6.61 Å². The lowest BCUT2D eigenvalue weighted by molar-refractivity contribution is -0.115. The quantitative estimate of drug-likeness (QED) is 0.574. The van der Waals surface area contributed by atoms with Crippen LogP contribution in [0.25, 0.3) is 6.08 Å². The molecule has 3 rings (SSSR count). The lowest BCUT2D eigenvalue weighted by atomic mass is 10.2. The molecule has 4 nitrogen and oxygen atoms in total. The summed E-state index contributed by atoms with van der Waals surface area (Å²) in [6.07, 6.45) is 6.91. The van der Waals surface area contributed by atoms with E-state index in [9.17, 15) is 9.18 Å². The van der Waals surface area contributed by atoms with Crippen LogP contribution in [0.15, 0.2) is 56.8 Å². The normalized spacial score (nSPS) is 16.6. The largest absolute Gasteiger partial charge is 0.480 e. The fourth-order valence-corrected chi connectivity index (χ4v) is 3.36. The number of ether oxygens (including phenoxy) is 1. The van der Waals surface area contributed by atoms with E-state index >= 15 is 0 Å². The smallest absolute Gasteiger partial charge is 0.264 e. The van der Waals surface area contributed by atoms with E-state index in [0.717, 1.165) is 16.2 Å². The Morgan fingerprint density at radius 2 is 2.15 bits per heavy atom. The molecule has 0 aliphatic carbocycles. The van der Waals surface area contributed by atoms with E-state index in [1.807, 2.05) is 12.1 Å². The van der Waals surface area contributed by atoms with Crippen LogP contribution in [-0.4, -0.2) is 17.7 Å². The van der Waals surface area contributed by atoms with Gasteiger partial charge in [-0.3, -0.25) is 4.79 Å². The number of amides is 1. The van der Waals surface area contributed by atoms with Gasteiger partial charge < -0.3 is 10.1 Å². The number of nitrogens with zero attached hydrogens (tertiary/aromatic N) is 1. The Hall–Kier alpha value is -2.56. The van der Waals surface area contributed by atoms with Gasteiger partial charge >= 0.3 is 0 Å². The van der Waals surface area contributed by atoms with Crippen molar-refractivity contribution in [3.63, 3.8) is 0 Å². The highest BCUT2D eigenvalue weighted by atomic mass is 79.9. The average molecular weight is 431 g/mol. The molecule has 1 heterocycles. The third-order valence-corrected chi connectivity index (χ3v) is 4.70. The van der Waals surface area contributed by atoms with Gasteiger partial charge in [-0.2, -0.15) is 0 Å². The fourth-order valence-electron chi connectivity index (χ4n) is 2.16. The molecular weight excluding hydrogens is 419 g/mol. The van der Waals surface area contributed by atoms with Crippen molar-refractivity contribution in [1.82, 2.24) is 5.32 Å². The van der Waals surface area contributed by atoms with E-state index in [1.54, 1.807) is 24.3 Å². The number of carbonyl (C=O) groups excluding carboxylic acids is 1. The van der Waals surface area contributed by atoms with E-state index in [2.05, 4.69) is 32.2 Å².